The average Bonchev–Trinajstić information content (AvgIpc) is 3.66. The van der Waals surface area contributed by atoms with Crippen molar-refractivity contribution in [3.63, 3.8) is 0 Å². The van der Waals surface area contributed by atoms with Gasteiger partial charge in [0.25, 0.3) is 23.2 Å². The highest BCUT2D eigenvalue weighted by molar-refractivity contribution is 8.23. The van der Waals surface area contributed by atoms with Gasteiger partial charge in [0.05, 0.1) is 4.53 Å². The largest absolute Gasteiger partial charge is 0.446 e. The van der Waals surface area contributed by atoms with Gasteiger partial charge in [-0.15, -0.1) is 11.3 Å². The third-order valence-corrected chi connectivity index (χ3v) is 9.62. The lowest BCUT2D eigenvalue weighted by atomic mass is 9.96. The normalized spacial score (nSPS) is 22.3. The van der Waals surface area contributed by atoms with E-state index in [4.69, 9.17) is 4.74 Å². The minimum atomic E-state index is -0.444. The molecular formula is C28H25N3O5S2. The molecule has 2 aliphatic heterocycles. The highest BCUT2D eigenvalue weighted by Gasteiger charge is 2.42. The van der Waals surface area contributed by atoms with Crippen LogP contribution in [0.2, 0.25) is 0 Å². The third kappa shape index (κ3) is 3.99. The van der Waals surface area contributed by atoms with E-state index in [-0.39, 0.29) is 35.5 Å². The summed E-state index contributed by atoms with van der Waals surface area (Å²) in [5.41, 5.74) is 4.19. The van der Waals surface area contributed by atoms with E-state index in [2.05, 4.69) is 41.3 Å². The van der Waals surface area contributed by atoms with Crippen LogP contribution in [0.5, 0.6) is 0 Å². The van der Waals surface area contributed by atoms with Crippen molar-refractivity contribution in [2.24, 2.45) is 0 Å². The van der Waals surface area contributed by atoms with Gasteiger partial charge in [0.15, 0.2) is 6.73 Å². The van der Waals surface area contributed by atoms with Crippen LogP contribution >= 0.6 is 23.1 Å². The van der Waals surface area contributed by atoms with Gasteiger partial charge >= 0.3 is 0 Å². The van der Waals surface area contributed by atoms with E-state index < -0.39 is 5.91 Å². The molecule has 194 valence electrons. The molecule has 10 heteroatoms. The smallest absolute Gasteiger partial charge is 0.294 e. The van der Waals surface area contributed by atoms with Gasteiger partial charge in [-0.05, 0) is 73.0 Å². The second-order valence-electron chi connectivity index (χ2n) is 9.42. The van der Waals surface area contributed by atoms with E-state index in [1.807, 2.05) is 18.2 Å². The summed E-state index contributed by atoms with van der Waals surface area (Å²) < 4.78 is 6.84. The summed E-state index contributed by atoms with van der Waals surface area (Å²) in [6, 6.07) is 17.2. The first-order chi connectivity index (χ1) is 18.5. The minimum absolute atomic E-state index is 0.175. The van der Waals surface area contributed by atoms with Crippen LogP contribution < -0.4 is 19.7 Å². The Balaban J connectivity index is 1.46. The lowest BCUT2D eigenvalue weighted by Gasteiger charge is -2.27. The van der Waals surface area contributed by atoms with Gasteiger partial charge in [-0.1, -0.05) is 30.7 Å². The summed E-state index contributed by atoms with van der Waals surface area (Å²) >= 11 is 1.93. The maximum absolute atomic E-state index is 13.4. The lowest BCUT2D eigenvalue weighted by Crippen LogP contribution is -2.34. The van der Waals surface area contributed by atoms with Crippen LogP contribution in [0.4, 0.5) is 16.2 Å². The third-order valence-electron chi connectivity index (χ3n) is 7.39. The van der Waals surface area contributed by atoms with Crippen LogP contribution in [0.15, 0.2) is 53.3 Å². The zero-order chi connectivity index (χ0) is 26.4. The standard InChI is InChI=1S/C28H25N3O5S2/c1-2-29-26(34)24(38-28(29)35)27-30(15-36-16-32)25(33)23(37-27)14-17-11-12-22-20(13-17)19-9-6-10-21(19)31(22)18-7-4-3-5-8-18/h3-5,7-8,11-14,16,19,21H,2,6,9-10,15H2,1H3/b23-14+,27-24+. The number of amides is 2. The average molecular weight is 548 g/mol. The Bertz CT molecular complexity index is 1630. The molecule has 3 heterocycles. The van der Waals surface area contributed by atoms with E-state index in [0.29, 0.717) is 21.2 Å². The topological polar surface area (TPSA) is 88.9 Å². The molecule has 1 saturated carbocycles. The summed E-state index contributed by atoms with van der Waals surface area (Å²) in [6.45, 7) is 1.88. The van der Waals surface area contributed by atoms with Gasteiger partial charge in [-0.3, -0.25) is 28.6 Å². The Labute approximate surface area is 226 Å². The number of ether oxygens (including phenoxy) is 1. The van der Waals surface area contributed by atoms with Crippen molar-refractivity contribution in [2.45, 2.75) is 44.9 Å². The number of hydrogen-bond donors (Lipinski definition) is 0. The van der Waals surface area contributed by atoms with Gasteiger partial charge in [0, 0.05) is 29.9 Å². The number of benzene rings is 2. The molecule has 3 aliphatic rings. The number of carbonyl (C=O) groups excluding carboxylic acids is 3. The van der Waals surface area contributed by atoms with Crippen LogP contribution in [0, 0.1) is 0 Å². The fourth-order valence-corrected chi connectivity index (χ4v) is 7.92. The molecule has 0 spiro atoms. The van der Waals surface area contributed by atoms with Crippen molar-refractivity contribution < 1.29 is 19.1 Å². The fraction of sp³-hybridized carbons (Fsp3) is 0.286. The predicted molar refractivity (Wildman–Crippen MR) is 148 cm³/mol. The number of imide groups is 1. The molecule has 0 N–H and O–H groups in total. The van der Waals surface area contributed by atoms with Gasteiger partial charge in [0.2, 0.25) is 0 Å². The number of hydrogen-bond acceptors (Lipinski definition) is 8. The molecular weight excluding hydrogens is 522 g/mol. The Kier molecular flexibility index (Phi) is 6.45. The second-order valence-corrected chi connectivity index (χ2v) is 11.4. The predicted octanol–water partition coefficient (Wildman–Crippen LogP) is 3.48. The SMILES string of the molecule is CCN1C(=O)S/C(=c2/s/c(=C/c3ccc4c(c3)C3CCCC3N4c3ccccc3)c(=O)n2COC=O)C1=O. The van der Waals surface area contributed by atoms with Crippen LogP contribution in [0.3, 0.4) is 0 Å². The summed E-state index contributed by atoms with van der Waals surface area (Å²) in [6.07, 6.45) is 5.26. The minimum Gasteiger partial charge on any atom is -0.446 e. The quantitative estimate of drug-likeness (QED) is 0.437. The molecule has 2 atom stereocenters. The Morgan fingerprint density at radius 2 is 1.89 bits per heavy atom. The Morgan fingerprint density at radius 1 is 1.08 bits per heavy atom. The summed E-state index contributed by atoms with van der Waals surface area (Å²) in [7, 11) is 0. The molecule has 2 amide bonds. The van der Waals surface area contributed by atoms with E-state index in [1.54, 1.807) is 6.92 Å². The molecule has 38 heavy (non-hydrogen) atoms. The molecule has 1 aliphatic carbocycles. The van der Waals surface area contributed by atoms with Crippen LogP contribution in [0.25, 0.3) is 11.0 Å². The van der Waals surface area contributed by atoms with Gasteiger partial charge in [0.1, 0.15) is 9.57 Å². The van der Waals surface area contributed by atoms with Crippen molar-refractivity contribution in [1.29, 1.82) is 0 Å². The van der Waals surface area contributed by atoms with Crippen molar-refractivity contribution in [2.75, 3.05) is 11.4 Å². The van der Waals surface area contributed by atoms with Crippen molar-refractivity contribution >= 4 is 63.1 Å². The molecule has 2 unspecified atom stereocenters. The number of thiazole rings is 1. The molecule has 3 aromatic rings. The van der Waals surface area contributed by atoms with Crippen molar-refractivity contribution in [3.05, 3.63) is 79.2 Å². The number of rotatable bonds is 6. The molecule has 1 saturated heterocycles. The van der Waals surface area contributed by atoms with E-state index in [0.717, 1.165) is 46.4 Å². The molecule has 8 nitrogen and oxygen atoms in total. The fourth-order valence-electron chi connectivity index (χ4n) is 5.75. The van der Waals surface area contributed by atoms with Crippen LogP contribution in [-0.4, -0.2) is 39.7 Å². The summed E-state index contributed by atoms with van der Waals surface area (Å²) in [5.74, 6) is -0.00910. The molecule has 6 rings (SSSR count). The first-order valence-corrected chi connectivity index (χ1v) is 14.2. The zero-order valence-electron chi connectivity index (χ0n) is 20.7. The maximum atomic E-state index is 13.4. The lowest BCUT2D eigenvalue weighted by molar-refractivity contribution is -0.132. The van der Waals surface area contributed by atoms with Gasteiger partial charge in [-0.25, -0.2) is 0 Å². The molecule has 1 aromatic heterocycles. The second kappa shape index (κ2) is 9.92. The number of thioether (sulfide) groups is 1. The number of anilines is 2. The van der Waals surface area contributed by atoms with E-state index >= 15 is 0 Å². The summed E-state index contributed by atoms with van der Waals surface area (Å²) in [5, 5.41) is -0.380. The molecule has 0 radical (unpaired) electrons. The number of para-hydroxylation sites is 1. The highest BCUT2D eigenvalue weighted by Crippen LogP contribution is 2.52. The molecule has 2 aromatic carbocycles. The maximum Gasteiger partial charge on any atom is 0.294 e. The number of fused-ring (bicyclic) bond motifs is 3. The van der Waals surface area contributed by atoms with E-state index in [1.165, 1.54) is 27.9 Å². The number of carbonyl (C=O) groups is 3. The number of nitrogens with zero attached hydrogens (tertiary/aromatic N) is 3. The number of aromatic nitrogens is 1. The molecule has 0 bridgehead atoms. The Morgan fingerprint density at radius 3 is 2.63 bits per heavy atom. The van der Waals surface area contributed by atoms with Gasteiger partial charge in [-0.2, -0.15) is 0 Å². The highest BCUT2D eigenvalue weighted by atomic mass is 32.2. The first kappa shape index (κ1) is 24.7. The first-order valence-electron chi connectivity index (χ1n) is 12.5. The Hall–Kier alpha value is -3.63. The van der Waals surface area contributed by atoms with Crippen molar-refractivity contribution in [3.8, 4) is 0 Å². The summed E-state index contributed by atoms with van der Waals surface area (Å²) in [4.78, 5) is 53.1. The molecule has 2 fully saturated rings. The zero-order valence-corrected chi connectivity index (χ0v) is 22.3. The monoisotopic (exact) mass is 547 g/mol. The van der Waals surface area contributed by atoms with E-state index in [9.17, 15) is 19.2 Å². The van der Waals surface area contributed by atoms with Crippen LogP contribution in [-0.2, 0) is 21.1 Å². The van der Waals surface area contributed by atoms with Crippen molar-refractivity contribution in [1.82, 2.24) is 9.47 Å². The van der Waals surface area contributed by atoms with Crippen LogP contribution in [0.1, 0.15) is 43.2 Å². The van der Waals surface area contributed by atoms with Gasteiger partial charge < -0.3 is 9.64 Å².